The van der Waals surface area contributed by atoms with Gasteiger partial charge in [0.15, 0.2) is 0 Å². The van der Waals surface area contributed by atoms with Crippen molar-refractivity contribution in [3.05, 3.63) is 91.8 Å². The lowest BCUT2D eigenvalue weighted by atomic mass is 10.1. The Kier molecular flexibility index (Phi) is 8.89. The average Bonchev–Trinajstić information content (AvgIpc) is 2.85. The molecule has 0 aromatic heterocycles. The number of rotatable bonds is 7. The summed E-state index contributed by atoms with van der Waals surface area (Å²) < 4.78 is 7.14. The van der Waals surface area contributed by atoms with Crippen molar-refractivity contribution >= 4 is 66.8 Å². The van der Waals surface area contributed by atoms with Gasteiger partial charge in [-0.05, 0) is 70.0 Å². The highest BCUT2D eigenvalue weighted by Gasteiger charge is 2.18. The highest BCUT2D eigenvalue weighted by Crippen LogP contribution is 2.33. The van der Waals surface area contributed by atoms with E-state index in [-0.39, 0.29) is 5.91 Å². The first-order valence-corrected chi connectivity index (χ1v) is 13.2. The van der Waals surface area contributed by atoms with Crippen molar-refractivity contribution in [2.24, 2.45) is 0 Å². The molecule has 4 rings (SSSR count). The zero-order valence-corrected chi connectivity index (χ0v) is 23.2. The molecule has 0 radical (unpaired) electrons. The number of benzene rings is 3. The number of hydrogen-bond acceptors (Lipinski definition) is 4. The fourth-order valence-electron chi connectivity index (χ4n) is 4.06. The second-order valence-corrected chi connectivity index (χ2v) is 10.4. The van der Waals surface area contributed by atoms with Gasteiger partial charge >= 0.3 is 0 Å². The summed E-state index contributed by atoms with van der Waals surface area (Å²) in [5, 5.41) is 3.74. The van der Waals surface area contributed by atoms with Gasteiger partial charge in [0.2, 0.25) is 5.91 Å². The van der Waals surface area contributed by atoms with Gasteiger partial charge < -0.3 is 15.0 Å². The summed E-state index contributed by atoms with van der Waals surface area (Å²) in [7, 11) is 1.60. The van der Waals surface area contributed by atoms with Crippen LogP contribution in [-0.4, -0.2) is 44.1 Å². The van der Waals surface area contributed by atoms with Crippen molar-refractivity contribution in [3.8, 4) is 5.75 Å². The summed E-state index contributed by atoms with van der Waals surface area (Å²) in [6.45, 7) is 4.72. The Balaban J connectivity index is 1.30. The molecule has 0 unspecified atom stereocenters. The number of methoxy groups -OCH3 is 1. The van der Waals surface area contributed by atoms with Crippen LogP contribution < -0.4 is 15.0 Å². The molecular formula is C27H26Br2ClN3O2. The maximum absolute atomic E-state index is 12.5. The lowest BCUT2D eigenvalue weighted by molar-refractivity contribution is -0.111. The number of carbonyl (C=O) groups excluding carboxylic acids is 1. The zero-order valence-electron chi connectivity index (χ0n) is 19.3. The van der Waals surface area contributed by atoms with Gasteiger partial charge in [0.05, 0.1) is 11.6 Å². The molecule has 1 fully saturated rings. The molecule has 1 aliphatic rings. The number of nitrogens with zero attached hydrogens (tertiary/aromatic N) is 2. The molecule has 0 aliphatic carbocycles. The van der Waals surface area contributed by atoms with Gasteiger partial charge in [0.25, 0.3) is 0 Å². The Hall–Kier alpha value is -2.32. The summed E-state index contributed by atoms with van der Waals surface area (Å²) in [5.74, 6) is 0.470. The molecule has 182 valence electrons. The molecule has 35 heavy (non-hydrogen) atoms. The van der Waals surface area contributed by atoms with Crippen molar-refractivity contribution in [1.29, 1.82) is 0 Å². The smallest absolute Gasteiger partial charge is 0.248 e. The number of nitrogens with one attached hydrogen (secondary N) is 1. The quantitative estimate of drug-likeness (QED) is 0.294. The van der Waals surface area contributed by atoms with E-state index in [0.29, 0.717) is 5.75 Å². The Morgan fingerprint density at radius 3 is 2.46 bits per heavy atom. The third-order valence-corrected chi connectivity index (χ3v) is 7.30. The van der Waals surface area contributed by atoms with E-state index >= 15 is 0 Å². The molecule has 1 amide bonds. The van der Waals surface area contributed by atoms with Crippen LogP contribution in [0.1, 0.15) is 11.1 Å². The monoisotopic (exact) mass is 617 g/mol. The highest BCUT2D eigenvalue weighted by molar-refractivity contribution is 9.11. The summed E-state index contributed by atoms with van der Waals surface area (Å²) in [5.41, 5.74) is 3.87. The van der Waals surface area contributed by atoms with E-state index in [0.717, 1.165) is 63.6 Å². The lowest BCUT2D eigenvalue weighted by Crippen LogP contribution is -2.46. The van der Waals surface area contributed by atoms with E-state index in [2.05, 4.69) is 65.2 Å². The standard InChI is InChI=1S/C27H26Br2ClN3O2/c1-35-27-19(16-21(28)17-24(27)29)6-11-26(34)31-22-7-9-23(10-8-22)33-14-12-32(13-15-33)18-20-4-2-3-5-25(20)30/h2-11,16-17H,12-15,18H2,1H3,(H,31,34)/b11-6+. The molecule has 1 N–H and O–H groups in total. The molecule has 0 atom stereocenters. The van der Waals surface area contributed by atoms with Crippen LogP contribution in [0.15, 0.2) is 75.7 Å². The number of amides is 1. The largest absolute Gasteiger partial charge is 0.495 e. The maximum Gasteiger partial charge on any atom is 0.248 e. The van der Waals surface area contributed by atoms with Crippen molar-refractivity contribution in [2.75, 3.05) is 43.5 Å². The zero-order chi connectivity index (χ0) is 24.8. The molecule has 3 aromatic carbocycles. The third kappa shape index (κ3) is 6.88. The fraction of sp³-hybridized carbons (Fsp3) is 0.222. The average molecular weight is 620 g/mol. The normalized spacial score (nSPS) is 14.3. The van der Waals surface area contributed by atoms with Crippen molar-refractivity contribution in [1.82, 2.24) is 4.90 Å². The molecule has 1 heterocycles. The summed E-state index contributed by atoms with van der Waals surface area (Å²) in [6.07, 6.45) is 3.24. The second kappa shape index (κ2) is 12.1. The van der Waals surface area contributed by atoms with E-state index in [1.807, 2.05) is 42.5 Å². The van der Waals surface area contributed by atoms with Gasteiger partial charge in [-0.3, -0.25) is 9.69 Å². The van der Waals surface area contributed by atoms with Crippen LogP contribution in [0.3, 0.4) is 0 Å². The van der Waals surface area contributed by atoms with E-state index < -0.39 is 0 Å². The van der Waals surface area contributed by atoms with Crippen LogP contribution >= 0.6 is 43.5 Å². The topological polar surface area (TPSA) is 44.8 Å². The Morgan fingerprint density at radius 2 is 1.77 bits per heavy atom. The number of hydrogen-bond donors (Lipinski definition) is 1. The van der Waals surface area contributed by atoms with Gasteiger partial charge in [-0.1, -0.05) is 45.7 Å². The molecule has 0 bridgehead atoms. The molecule has 0 saturated carbocycles. The molecule has 1 aliphatic heterocycles. The SMILES string of the molecule is COc1c(Br)cc(Br)cc1/C=C/C(=O)Nc1ccc(N2CCN(Cc3ccccc3Cl)CC2)cc1. The van der Waals surface area contributed by atoms with Crippen LogP contribution in [0.2, 0.25) is 5.02 Å². The predicted molar refractivity (Wildman–Crippen MR) is 151 cm³/mol. The first-order valence-electron chi connectivity index (χ1n) is 11.3. The molecule has 0 spiro atoms. The minimum atomic E-state index is -0.205. The number of carbonyl (C=O) groups is 1. The Bertz CT molecular complexity index is 1210. The maximum atomic E-state index is 12.5. The van der Waals surface area contributed by atoms with Crippen LogP contribution in [0, 0.1) is 0 Å². The Morgan fingerprint density at radius 1 is 1.06 bits per heavy atom. The van der Waals surface area contributed by atoms with E-state index in [4.69, 9.17) is 16.3 Å². The first kappa shape index (κ1) is 25.8. The molecule has 5 nitrogen and oxygen atoms in total. The van der Waals surface area contributed by atoms with E-state index in [9.17, 15) is 4.79 Å². The van der Waals surface area contributed by atoms with Gasteiger partial charge in [0, 0.05) is 65.2 Å². The fourth-order valence-corrected chi connectivity index (χ4v) is 5.67. The molecule has 1 saturated heterocycles. The number of halogens is 3. The predicted octanol–water partition coefficient (Wildman–Crippen LogP) is 6.85. The summed E-state index contributed by atoms with van der Waals surface area (Å²) >= 11 is 13.3. The molecule has 8 heteroatoms. The van der Waals surface area contributed by atoms with Gasteiger partial charge in [0.1, 0.15) is 5.75 Å². The van der Waals surface area contributed by atoms with E-state index in [1.54, 1.807) is 13.2 Å². The van der Waals surface area contributed by atoms with Gasteiger partial charge in [-0.2, -0.15) is 0 Å². The second-order valence-electron chi connectivity index (χ2n) is 8.23. The first-order chi connectivity index (χ1) is 16.9. The van der Waals surface area contributed by atoms with E-state index in [1.165, 1.54) is 11.6 Å². The highest BCUT2D eigenvalue weighted by atomic mass is 79.9. The van der Waals surface area contributed by atoms with Gasteiger partial charge in [-0.25, -0.2) is 0 Å². The minimum Gasteiger partial charge on any atom is -0.495 e. The van der Waals surface area contributed by atoms with Crippen LogP contribution in [0.25, 0.3) is 6.08 Å². The molecule has 3 aromatic rings. The van der Waals surface area contributed by atoms with Crippen LogP contribution in [0.4, 0.5) is 11.4 Å². The number of anilines is 2. The summed E-state index contributed by atoms with van der Waals surface area (Å²) in [4.78, 5) is 17.3. The van der Waals surface area contributed by atoms with Crippen LogP contribution in [-0.2, 0) is 11.3 Å². The number of piperazine rings is 1. The Labute approximate surface area is 228 Å². The van der Waals surface area contributed by atoms with Crippen molar-refractivity contribution < 1.29 is 9.53 Å². The van der Waals surface area contributed by atoms with Crippen molar-refractivity contribution in [3.63, 3.8) is 0 Å². The lowest BCUT2D eigenvalue weighted by Gasteiger charge is -2.36. The third-order valence-electron chi connectivity index (χ3n) is 5.88. The van der Waals surface area contributed by atoms with Crippen molar-refractivity contribution in [2.45, 2.75) is 6.54 Å². The van der Waals surface area contributed by atoms with Gasteiger partial charge in [-0.15, -0.1) is 0 Å². The molecular weight excluding hydrogens is 594 g/mol. The summed E-state index contributed by atoms with van der Waals surface area (Å²) in [6, 6.07) is 19.8. The van der Waals surface area contributed by atoms with Crippen LogP contribution in [0.5, 0.6) is 5.75 Å². The minimum absolute atomic E-state index is 0.205. The number of ether oxygens (including phenoxy) is 1.